The van der Waals surface area contributed by atoms with Gasteiger partial charge >= 0.3 is 0 Å². The van der Waals surface area contributed by atoms with E-state index in [0.29, 0.717) is 5.91 Å². The fraction of sp³-hybridized carbons (Fsp3) is 0.722. The third-order valence-electron chi connectivity index (χ3n) is 5.35. The molecule has 2 aliphatic rings. The van der Waals surface area contributed by atoms with Gasteiger partial charge in [0.05, 0.1) is 6.20 Å². The molecule has 7 nitrogen and oxygen atoms in total. The molecule has 0 radical (unpaired) electrons. The molecule has 1 atom stereocenters. The molecule has 1 saturated heterocycles. The molecule has 26 heavy (non-hydrogen) atoms. The average molecular weight is 380 g/mol. The molecule has 2 fully saturated rings. The van der Waals surface area contributed by atoms with Crippen LogP contribution in [0.4, 0.5) is 0 Å². The molecule has 0 bridgehead atoms. The summed E-state index contributed by atoms with van der Waals surface area (Å²) in [6.45, 7) is 1.77. The second kappa shape index (κ2) is 8.90. The number of nitrogens with zero attached hydrogens (tertiary/aromatic N) is 3. The Balaban J connectivity index is 1.48. The van der Waals surface area contributed by atoms with E-state index < -0.39 is 6.04 Å². The molecule has 2 amide bonds. The van der Waals surface area contributed by atoms with Crippen molar-refractivity contribution in [2.24, 2.45) is 13.0 Å². The van der Waals surface area contributed by atoms with Crippen LogP contribution in [0.3, 0.4) is 0 Å². The smallest absolute Gasteiger partial charge is 0.242 e. The molecule has 1 unspecified atom stereocenters. The summed E-state index contributed by atoms with van der Waals surface area (Å²) in [6.07, 6.45) is 7.04. The molecule has 0 aromatic carbocycles. The molecular weight excluding hydrogens is 350 g/mol. The minimum atomic E-state index is -0.395. The fourth-order valence-electron chi connectivity index (χ4n) is 3.85. The maximum Gasteiger partial charge on any atom is 0.242 e. The van der Waals surface area contributed by atoms with Gasteiger partial charge in [0, 0.05) is 55.4 Å². The Bertz CT molecular complexity index is 621. The molecule has 2 heterocycles. The Hall–Kier alpha value is -1.54. The number of carbonyl (C=O) groups is 2. The zero-order valence-electron chi connectivity index (χ0n) is 15.6. The number of hydrogen-bond donors (Lipinski definition) is 2. The normalized spacial score (nSPS) is 24.9. The minimum absolute atomic E-state index is 0.0247. The van der Waals surface area contributed by atoms with Gasteiger partial charge in [-0.15, -0.1) is 0 Å². The lowest BCUT2D eigenvalue weighted by molar-refractivity contribution is -0.136. The predicted molar refractivity (Wildman–Crippen MR) is 103 cm³/mol. The first-order valence-electron chi connectivity index (χ1n) is 9.41. The highest BCUT2D eigenvalue weighted by atomic mass is 32.2. The Morgan fingerprint density at radius 3 is 2.50 bits per heavy atom. The van der Waals surface area contributed by atoms with Crippen LogP contribution >= 0.6 is 11.8 Å². The van der Waals surface area contributed by atoms with Crippen molar-refractivity contribution in [3.63, 3.8) is 0 Å². The van der Waals surface area contributed by atoms with Crippen LogP contribution in [0.15, 0.2) is 12.4 Å². The highest BCUT2D eigenvalue weighted by molar-refractivity contribution is 7.99. The number of rotatable bonds is 5. The third-order valence-corrected chi connectivity index (χ3v) is 6.30. The van der Waals surface area contributed by atoms with Crippen LogP contribution in [0.5, 0.6) is 0 Å². The summed E-state index contributed by atoms with van der Waals surface area (Å²) in [5.74, 6) is 2.53. The first-order valence-corrected chi connectivity index (χ1v) is 10.6. The lowest BCUT2D eigenvalue weighted by Crippen LogP contribution is -2.46. The molecule has 3 rings (SSSR count). The van der Waals surface area contributed by atoms with Crippen LogP contribution < -0.4 is 10.6 Å². The van der Waals surface area contributed by atoms with Crippen LogP contribution in [-0.4, -0.2) is 64.2 Å². The van der Waals surface area contributed by atoms with Crippen LogP contribution in [0.1, 0.15) is 37.3 Å². The lowest BCUT2D eigenvalue weighted by atomic mass is 9.85. The van der Waals surface area contributed by atoms with Crippen molar-refractivity contribution < 1.29 is 9.59 Å². The molecule has 1 aliphatic carbocycles. The van der Waals surface area contributed by atoms with E-state index >= 15 is 0 Å². The van der Waals surface area contributed by atoms with Gasteiger partial charge in [0.25, 0.3) is 0 Å². The van der Waals surface area contributed by atoms with Gasteiger partial charge in [0.15, 0.2) is 0 Å². The molecule has 1 aromatic heterocycles. The number of nitrogens with one attached hydrogen (secondary N) is 2. The van der Waals surface area contributed by atoms with Gasteiger partial charge in [-0.1, -0.05) is 0 Å². The van der Waals surface area contributed by atoms with E-state index in [4.69, 9.17) is 0 Å². The Labute approximate surface area is 159 Å². The van der Waals surface area contributed by atoms with Crippen molar-refractivity contribution in [1.29, 1.82) is 0 Å². The van der Waals surface area contributed by atoms with Crippen molar-refractivity contribution in [2.75, 3.05) is 31.6 Å². The summed E-state index contributed by atoms with van der Waals surface area (Å²) in [7, 11) is 3.62. The molecule has 144 valence electrons. The molecule has 2 N–H and O–H groups in total. The number of carbonyl (C=O) groups excluding carboxylic acids is 2. The average Bonchev–Trinajstić information content (AvgIpc) is 3.09. The highest BCUT2D eigenvalue weighted by Gasteiger charge is 2.31. The molecule has 8 heteroatoms. The minimum Gasteiger partial charge on any atom is -0.352 e. The molecule has 1 aromatic rings. The maximum atomic E-state index is 12.6. The van der Waals surface area contributed by atoms with E-state index in [-0.39, 0.29) is 17.9 Å². The lowest BCUT2D eigenvalue weighted by Gasteiger charge is -2.34. The Morgan fingerprint density at radius 2 is 1.92 bits per heavy atom. The van der Waals surface area contributed by atoms with Gasteiger partial charge in [0.1, 0.15) is 6.04 Å². The van der Waals surface area contributed by atoms with Crippen molar-refractivity contribution in [3.8, 4) is 0 Å². The maximum absolute atomic E-state index is 12.6. The number of aromatic nitrogens is 2. The first kappa shape index (κ1) is 19.2. The van der Waals surface area contributed by atoms with Crippen molar-refractivity contribution in [3.05, 3.63) is 18.0 Å². The van der Waals surface area contributed by atoms with E-state index in [2.05, 4.69) is 15.7 Å². The number of likely N-dealkylation sites (N-methyl/N-ethyl adjacent to an activating group) is 1. The number of hydrogen-bond acceptors (Lipinski definition) is 5. The van der Waals surface area contributed by atoms with Crippen molar-refractivity contribution in [1.82, 2.24) is 25.3 Å². The van der Waals surface area contributed by atoms with Crippen molar-refractivity contribution in [2.45, 2.75) is 37.8 Å². The fourth-order valence-corrected chi connectivity index (χ4v) is 4.75. The van der Waals surface area contributed by atoms with Gasteiger partial charge in [-0.05, 0) is 32.7 Å². The monoisotopic (exact) mass is 379 g/mol. The molecular formula is C18H29N5O2S. The van der Waals surface area contributed by atoms with Gasteiger partial charge in [-0.25, -0.2) is 0 Å². The summed E-state index contributed by atoms with van der Waals surface area (Å²) in [4.78, 5) is 27.3. The highest BCUT2D eigenvalue weighted by Crippen LogP contribution is 2.27. The summed E-state index contributed by atoms with van der Waals surface area (Å²) in [5.41, 5.74) is 0.860. The largest absolute Gasteiger partial charge is 0.352 e. The summed E-state index contributed by atoms with van der Waals surface area (Å²) < 4.78 is 1.70. The van der Waals surface area contributed by atoms with Gasteiger partial charge in [0.2, 0.25) is 11.8 Å². The number of aryl methyl sites for hydroxylation is 1. The van der Waals surface area contributed by atoms with E-state index in [9.17, 15) is 9.59 Å². The number of amides is 2. The van der Waals surface area contributed by atoms with E-state index in [0.717, 1.165) is 55.8 Å². The van der Waals surface area contributed by atoms with Crippen molar-refractivity contribution >= 4 is 23.6 Å². The Kier molecular flexibility index (Phi) is 6.58. The Morgan fingerprint density at radius 1 is 1.23 bits per heavy atom. The van der Waals surface area contributed by atoms with Gasteiger partial charge < -0.3 is 15.5 Å². The molecule has 1 saturated carbocycles. The van der Waals surface area contributed by atoms with Crippen LogP contribution in [0.25, 0.3) is 0 Å². The van der Waals surface area contributed by atoms with E-state index in [1.807, 2.05) is 29.9 Å². The predicted octanol–water partition coefficient (Wildman–Crippen LogP) is 0.931. The number of thioether (sulfide) groups is 1. The van der Waals surface area contributed by atoms with E-state index in [1.165, 1.54) is 0 Å². The SMILES string of the molecule is CNC(C(=O)NC1CCC(C(=O)N2CCSCC2)CC1)c1cnn(C)c1. The standard InChI is InChI=1S/C18H29N5O2S/c1-19-16(14-11-20-22(2)12-14)17(24)21-15-5-3-13(4-6-15)18(25)23-7-9-26-10-8-23/h11-13,15-16,19H,3-10H2,1-2H3,(H,21,24). The summed E-state index contributed by atoms with van der Waals surface area (Å²) >= 11 is 1.92. The van der Waals surface area contributed by atoms with E-state index in [1.54, 1.807) is 17.9 Å². The topological polar surface area (TPSA) is 79.3 Å². The first-order chi connectivity index (χ1) is 12.6. The van der Waals surface area contributed by atoms with Crippen LogP contribution in [-0.2, 0) is 16.6 Å². The quantitative estimate of drug-likeness (QED) is 0.796. The second-order valence-corrected chi connectivity index (χ2v) is 8.39. The van der Waals surface area contributed by atoms with Gasteiger partial charge in [-0.3, -0.25) is 14.3 Å². The zero-order chi connectivity index (χ0) is 18.5. The summed E-state index contributed by atoms with van der Waals surface area (Å²) in [6, 6.07) is -0.245. The van der Waals surface area contributed by atoms with Crippen LogP contribution in [0.2, 0.25) is 0 Å². The zero-order valence-corrected chi connectivity index (χ0v) is 16.4. The van der Waals surface area contributed by atoms with Crippen LogP contribution in [0, 0.1) is 5.92 Å². The summed E-state index contributed by atoms with van der Waals surface area (Å²) in [5, 5.41) is 10.4. The molecule has 1 aliphatic heterocycles. The third kappa shape index (κ3) is 4.59. The van der Waals surface area contributed by atoms with Gasteiger partial charge in [-0.2, -0.15) is 16.9 Å². The molecule has 0 spiro atoms. The second-order valence-electron chi connectivity index (χ2n) is 7.16.